The fourth-order valence-corrected chi connectivity index (χ4v) is 1.19. The molecule has 0 bridgehead atoms. The highest BCUT2D eigenvalue weighted by atomic mass is 16.5. The smallest absolute Gasteiger partial charge is 0.150 e. The second-order valence-corrected chi connectivity index (χ2v) is 3.17. The normalized spacial score (nSPS) is 11.0. The largest absolute Gasteiger partial charge is 0.360 e. The summed E-state index contributed by atoms with van der Waals surface area (Å²) < 4.78 is 5.00. The molecule has 4 nitrogen and oxygen atoms in total. The van der Waals surface area contributed by atoms with Gasteiger partial charge < -0.3 is 9.84 Å². The fraction of sp³-hybridized carbons (Fsp3) is 0.667. The zero-order valence-corrected chi connectivity index (χ0v) is 8.29. The molecular formula is C9H17N3O. The maximum atomic E-state index is 5.00. The van der Waals surface area contributed by atoms with E-state index < -0.39 is 0 Å². The third-order valence-electron chi connectivity index (χ3n) is 1.88. The molecule has 0 aromatic carbocycles. The Morgan fingerprint density at radius 3 is 3.08 bits per heavy atom. The van der Waals surface area contributed by atoms with E-state index in [9.17, 15) is 0 Å². The van der Waals surface area contributed by atoms with Crippen LogP contribution in [0, 0.1) is 0 Å². The van der Waals surface area contributed by atoms with Crippen LogP contribution in [0.4, 0.5) is 0 Å². The van der Waals surface area contributed by atoms with Gasteiger partial charge >= 0.3 is 0 Å². The Labute approximate surface area is 78.9 Å². The van der Waals surface area contributed by atoms with Crippen molar-refractivity contribution in [2.45, 2.75) is 13.0 Å². The van der Waals surface area contributed by atoms with Crippen LogP contribution in [-0.4, -0.2) is 37.2 Å². The monoisotopic (exact) mass is 183 g/mol. The van der Waals surface area contributed by atoms with Crippen molar-refractivity contribution in [3.63, 3.8) is 0 Å². The van der Waals surface area contributed by atoms with Gasteiger partial charge in [0.05, 0.1) is 12.7 Å². The van der Waals surface area contributed by atoms with Crippen LogP contribution in [0.3, 0.4) is 0 Å². The first kappa shape index (κ1) is 10.2. The Balaban J connectivity index is 2.14. The van der Waals surface area contributed by atoms with E-state index in [0.717, 1.165) is 31.8 Å². The molecule has 1 heterocycles. The molecule has 0 fully saturated rings. The number of aromatic nitrogens is 1. The third kappa shape index (κ3) is 4.05. The van der Waals surface area contributed by atoms with Gasteiger partial charge in [0.25, 0.3) is 0 Å². The maximum Gasteiger partial charge on any atom is 0.150 e. The Bertz CT molecular complexity index is 211. The molecule has 4 heteroatoms. The lowest BCUT2D eigenvalue weighted by Gasteiger charge is -2.13. The lowest BCUT2D eigenvalue weighted by atomic mass is 10.3. The molecule has 0 aliphatic carbocycles. The van der Waals surface area contributed by atoms with Gasteiger partial charge in [-0.1, -0.05) is 5.16 Å². The molecule has 0 aliphatic heterocycles. The van der Waals surface area contributed by atoms with E-state index in [0.29, 0.717) is 0 Å². The minimum absolute atomic E-state index is 0.837. The van der Waals surface area contributed by atoms with E-state index in [-0.39, 0.29) is 0 Å². The van der Waals surface area contributed by atoms with Gasteiger partial charge in [-0.2, -0.15) is 0 Å². The van der Waals surface area contributed by atoms with Gasteiger partial charge in [0, 0.05) is 6.07 Å². The van der Waals surface area contributed by atoms with E-state index in [1.807, 2.05) is 13.1 Å². The van der Waals surface area contributed by atoms with Gasteiger partial charge in [-0.15, -0.1) is 0 Å². The molecular weight excluding hydrogens is 166 g/mol. The summed E-state index contributed by atoms with van der Waals surface area (Å²) in [5, 5.41) is 6.78. The van der Waals surface area contributed by atoms with Crippen LogP contribution in [0.5, 0.6) is 0 Å². The Kier molecular flexibility index (Phi) is 4.49. The number of nitrogens with one attached hydrogen (secondary N) is 1. The quantitative estimate of drug-likeness (QED) is 0.660. The average molecular weight is 183 g/mol. The summed E-state index contributed by atoms with van der Waals surface area (Å²) in [6, 6.07) is 1.90. The van der Waals surface area contributed by atoms with Crippen LogP contribution in [0.25, 0.3) is 0 Å². The standard InChI is InChI=1S/C9H17N3O/c1-10-5-3-7-12(2)8-9-4-6-11-13-9/h4,6,10H,3,5,7-8H2,1-2H3. The van der Waals surface area contributed by atoms with Crippen LogP contribution in [0.2, 0.25) is 0 Å². The molecule has 1 rings (SSSR count). The molecule has 0 aliphatic rings. The van der Waals surface area contributed by atoms with E-state index >= 15 is 0 Å². The van der Waals surface area contributed by atoms with Crippen molar-refractivity contribution in [3.8, 4) is 0 Å². The summed E-state index contributed by atoms with van der Waals surface area (Å²) in [7, 11) is 4.05. The minimum Gasteiger partial charge on any atom is -0.360 e. The van der Waals surface area contributed by atoms with Crippen molar-refractivity contribution in [1.82, 2.24) is 15.4 Å². The summed E-state index contributed by atoms with van der Waals surface area (Å²) in [6.45, 7) is 2.96. The van der Waals surface area contributed by atoms with Crippen molar-refractivity contribution in [1.29, 1.82) is 0 Å². The van der Waals surface area contributed by atoms with E-state index in [1.165, 1.54) is 0 Å². The van der Waals surface area contributed by atoms with Crippen molar-refractivity contribution in [2.75, 3.05) is 27.2 Å². The Morgan fingerprint density at radius 1 is 1.62 bits per heavy atom. The predicted molar refractivity (Wildman–Crippen MR) is 51.4 cm³/mol. The van der Waals surface area contributed by atoms with Crippen molar-refractivity contribution < 1.29 is 4.52 Å². The first-order valence-corrected chi connectivity index (χ1v) is 4.55. The van der Waals surface area contributed by atoms with Crippen LogP contribution in [0.15, 0.2) is 16.8 Å². The topological polar surface area (TPSA) is 41.3 Å². The average Bonchev–Trinajstić information content (AvgIpc) is 2.57. The molecule has 0 atom stereocenters. The summed E-state index contributed by atoms with van der Waals surface area (Å²) in [5.41, 5.74) is 0. The highest BCUT2D eigenvalue weighted by molar-refractivity contribution is 4.91. The van der Waals surface area contributed by atoms with Gasteiger partial charge in [0.2, 0.25) is 0 Å². The summed E-state index contributed by atoms with van der Waals surface area (Å²) >= 11 is 0. The molecule has 0 amide bonds. The zero-order valence-electron chi connectivity index (χ0n) is 8.29. The zero-order chi connectivity index (χ0) is 9.52. The molecule has 0 radical (unpaired) electrons. The second kappa shape index (κ2) is 5.72. The van der Waals surface area contributed by atoms with Crippen molar-refractivity contribution >= 4 is 0 Å². The van der Waals surface area contributed by atoms with E-state index in [4.69, 9.17) is 4.52 Å². The lowest BCUT2D eigenvalue weighted by molar-refractivity contribution is 0.270. The number of rotatable bonds is 6. The number of nitrogens with zero attached hydrogens (tertiary/aromatic N) is 2. The number of hydrogen-bond donors (Lipinski definition) is 1. The minimum atomic E-state index is 0.837. The second-order valence-electron chi connectivity index (χ2n) is 3.17. The molecule has 74 valence electrons. The van der Waals surface area contributed by atoms with Gasteiger partial charge in [-0.25, -0.2) is 0 Å². The van der Waals surface area contributed by atoms with Crippen LogP contribution >= 0.6 is 0 Å². The molecule has 0 unspecified atom stereocenters. The molecule has 1 aromatic heterocycles. The molecule has 1 aromatic rings. The first-order chi connectivity index (χ1) is 6.33. The molecule has 0 saturated carbocycles. The summed E-state index contributed by atoms with van der Waals surface area (Å²) in [6.07, 6.45) is 2.83. The predicted octanol–water partition coefficient (Wildman–Crippen LogP) is 0.716. The van der Waals surface area contributed by atoms with Gasteiger partial charge in [0.1, 0.15) is 0 Å². The highest BCUT2D eigenvalue weighted by Gasteiger charge is 2.01. The molecule has 0 saturated heterocycles. The van der Waals surface area contributed by atoms with Crippen LogP contribution in [0.1, 0.15) is 12.2 Å². The van der Waals surface area contributed by atoms with Gasteiger partial charge in [-0.3, -0.25) is 4.90 Å². The van der Waals surface area contributed by atoms with Crippen molar-refractivity contribution in [2.24, 2.45) is 0 Å². The van der Waals surface area contributed by atoms with Crippen LogP contribution in [-0.2, 0) is 6.54 Å². The first-order valence-electron chi connectivity index (χ1n) is 4.55. The van der Waals surface area contributed by atoms with Crippen molar-refractivity contribution in [3.05, 3.63) is 18.0 Å². The van der Waals surface area contributed by atoms with Gasteiger partial charge in [-0.05, 0) is 33.6 Å². The molecule has 0 spiro atoms. The Hall–Kier alpha value is -0.870. The maximum absolute atomic E-state index is 5.00. The molecule has 13 heavy (non-hydrogen) atoms. The molecule has 1 N–H and O–H groups in total. The van der Waals surface area contributed by atoms with E-state index in [1.54, 1.807) is 6.20 Å². The Morgan fingerprint density at radius 2 is 2.46 bits per heavy atom. The summed E-state index contributed by atoms with van der Waals surface area (Å²) in [4.78, 5) is 2.22. The van der Waals surface area contributed by atoms with E-state index in [2.05, 4.69) is 22.4 Å². The SMILES string of the molecule is CNCCCN(C)Cc1ccno1. The van der Waals surface area contributed by atoms with Crippen LogP contribution < -0.4 is 5.32 Å². The fourth-order valence-electron chi connectivity index (χ4n) is 1.19. The third-order valence-corrected chi connectivity index (χ3v) is 1.88. The number of hydrogen-bond acceptors (Lipinski definition) is 4. The van der Waals surface area contributed by atoms with Gasteiger partial charge in [0.15, 0.2) is 5.76 Å². The highest BCUT2D eigenvalue weighted by Crippen LogP contribution is 2.01. The lowest BCUT2D eigenvalue weighted by Crippen LogP contribution is -2.22. The summed E-state index contributed by atoms with van der Waals surface area (Å²) in [5.74, 6) is 0.923.